The monoisotopic (exact) mass is 275 g/mol. The van der Waals surface area contributed by atoms with E-state index in [0.717, 1.165) is 12.0 Å². The molecule has 1 aromatic carbocycles. The van der Waals surface area contributed by atoms with Gasteiger partial charge in [-0.15, -0.1) is 0 Å². The van der Waals surface area contributed by atoms with E-state index in [1.54, 1.807) is 6.07 Å². The summed E-state index contributed by atoms with van der Waals surface area (Å²) in [4.78, 5) is 22.9. The quantitative estimate of drug-likeness (QED) is 0.832. The lowest BCUT2D eigenvalue weighted by Gasteiger charge is -2.23. The highest BCUT2D eigenvalue weighted by Gasteiger charge is 2.34. The van der Waals surface area contributed by atoms with Crippen molar-refractivity contribution in [3.8, 4) is 11.5 Å². The molecule has 1 unspecified atom stereocenters. The minimum absolute atomic E-state index is 0.245. The number of piperidine rings is 1. The first-order valence-electron chi connectivity index (χ1n) is 6.76. The van der Waals surface area contributed by atoms with E-state index < -0.39 is 6.10 Å². The first-order valence-corrected chi connectivity index (χ1v) is 6.76. The standard InChI is InChI=1S/C15H17NO4/c1-15(2)8-9-4-3-5-10(13(9)20-15)19-11-6-7-12(17)16-14(11)18/h3-5,11H,6-8H2,1-2H3,(H,16,17,18). The topological polar surface area (TPSA) is 64.6 Å². The highest BCUT2D eigenvalue weighted by molar-refractivity contribution is 5.99. The van der Waals surface area contributed by atoms with Crippen LogP contribution < -0.4 is 14.8 Å². The first-order chi connectivity index (χ1) is 9.44. The van der Waals surface area contributed by atoms with Gasteiger partial charge in [-0.3, -0.25) is 14.9 Å². The molecule has 20 heavy (non-hydrogen) atoms. The molecule has 1 atom stereocenters. The molecule has 0 radical (unpaired) electrons. The van der Waals surface area contributed by atoms with Crippen LogP contribution in [0.1, 0.15) is 32.3 Å². The van der Waals surface area contributed by atoms with Gasteiger partial charge in [0.1, 0.15) is 5.60 Å². The fourth-order valence-electron chi connectivity index (χ4n) is 2.62. The van der Waals surface area contributed by atoms with Crippen LogP contribution in [0.3, 0.4) is 0 Å². The van der Waals surface area contributed by atoms with Crippen LogP contribution in [-0.4, -0.2) is 23.5 Å². The van der Waals surface area contributed by atoms with Crippen molar-refractivity contribution in [2.24, 2.45) is 0 Å². The number of ether oxygens (including phenoxy) is 2. The Kier molecular flexibility index (Phi) is 2.92. The van der Waals surface area contributed by atoms with Crippen LogP contribution in [0, 0.1) is 0 Å². The molecule has 0 aromatic heterocycles. The van der Waals surface area contributed by atoms with Crippen LogP contribution in [-0.2, 0) is 16.0 Å². The van der Waals surface area contributed by atoms with Crippen molar-refractivity contribution in [1.82, 2.24) is 5.32 Å². The third-order valence-corrected chi connectivity index (χ3v) is 3.51. The molecule has 1 N–H and O–H groups in total. The van der Waals surface area contributed by atoms with E-state index >= 15 is 0 Å². The minimum atomic E-state index is -0.633. The lowest BCUT2D eigenvalue weighted by molar-refractivity contribution is -0.138. The summed E-state index contributed by atoms with van der Waals surface area (Å²) in [6.07, 6.45) is 0.885. The van der Waals surface area contributed by atoms with Gasteiger partial charge in [-0.05, 0) is 19.9 Å². The Morgan fingerprint density at radius 3 is 2.90 bits per heavy atom. The van der Waals surface area contributed by atoms with Gasteiger partial charge in [0, 0.05) is 24.8 Å². The zero-order valence-electron chi connectivity index (χ0n) is 11.6. The number of amides is 2. The van der Waals surface area contributed by atoms with Gasteiger partial charge in [0.15, 0.2) is 17.6 Å². The third-order valence-electron chi connectivity index (χ3n) is 3.51. The highest BCUT2D eigenvalue weighted by atomic mass is 16.5. The number of hydrogen-bond donors (Lipinski definition) is 1. The summed E-state index contributed by atoms with van der Waals surface area (Å²) in [6.45, 7) is 4.03. The molecule has 0 bridgehead atoms. The van der Waals surface area contributed by atoms with Crippen molar-refractivity contribution in [3.63, 3.8) is 0 Å². The van der Waals surface area contributed by atoms with E-state index in [0.29, 0.717) is 24.3 Å². The van der Waals surface area contributed by atoms with E-state index in [-0.39, 0.29) is 17.4 Å². The Morgan fingerprint density at radius 2 is 2.15 bits per heavy atom. The number of para-hydroxylation sites is 1. The summed E-state index contributed by atoms with van der Waals surface area (Å²) in [5.74, 6) is 0.659. The number of carbonyl (C=O) groups excluding carboxylic acids is 2. The Labute approximate surface area is 117 Å². The van der Waals surface area contributed by atoms with Crippen molar-refractivity contribution in [2.75, 3.05) is 0 Å². The predicted octanol–water partition coefficient (Wildman–Crippen LogP) is 1.58. The highest BCUT2D eigenvalue weighted by Crippen LogP contribution is 2.42. The van der Waals surface area contributed by atoms with Crippen molar-refractivity contribution >= 4 is 11.8 Å². The van der Waals surface area contributed by atoms with Gasteiger partial charge in [0.25, 0.3) is 5.91 Å². The third kappa shape index (κ3) is 2.35. The lowest BCUT2D eigenvalue weighted by atomic mass is 10.0. The molecular weight excluding hydrogens is 258 g/mol. The van der Waals surface area contributed by atoms with Gasteiger partial charge in [-0.2, -0.15) is 0 Å². The molecule has 2 aliphatic heterocycles. The van der Waals surface area contributed by atoms with E-state index in [2.05, 4.69) is 5.32 Å². The smallest absolute Gasteiger partial charge is 0.267 e. The maximum absolute atomic E-state index is 11.7. The number of carbonyl (C=O) groups is 2. The van der Waals surface area contributed by atoms with Crippen LogP contribution in [0.15, 0.2) is 18.2 Å². The molecule has 2 amide bonds. The van der Waals surface area contributed by atoms with Crippen molar-refractivity contribution in [2.45, 2.75) is 44.8 Å². The predicted molar refractivity (Wildman–Crippen MR) is 71.7 cm³/mol. The van der Waals surface area contributed by atoms with E-state index in [1.807, 2.05) is 26.0 Å². The summed E-state index contributed by atoms with van der Waals surface area (Å²) < 4.78 is 11.7. The number of hydrogen-bond acceptors (Lipinski definition) is 4. The van der Waals surface area contributed by atoms with Crippen molar-refractivity contribution in [3.05, 3.63) is 23.8 Å². The number of nitrogens with one attached hydrogen (secondary N) is 1. The molecule has 2 aliphatic rings. The van der Waals surface area contributed by atoms with Gasteiger partial charge in [-0.25, -0.2) is 0 Å². The molecule has 1 aromatic rings. The normalized spacial score (nSPS) is 23.8. The van der Waals surface area contributed by atoms with Gasteiger partial charge in [-0.1, -0.05) is 12.1 Å². The van der Waals surface area contributed by atoms with Gasteiger partial charge in [0.2, 0.25) is 5.91 Å². The average Bonchev–Trinajstić information content (AvgIpc) is 2.67. The molecule has 0 saturated carbocycles. The Hall–Kier alpha value is -2.04. The number of imide groups is 1. The van der Waals surface area contributed by atoms with E-state index in [9.17, 15) is 9.59 Å². The number of fused-ring (bicyclic) bond motifs is 1. The summed E-state index contributed by atoms with van der Waals surface area (Å²) in [5, 5.41) is 2.29. The fourth-order valence-corrected chi connectivity index (χ4v) is 2.62. The van der Waals surface area contributed by atoms with E-state index in [4.69, 9.17) is 9.47 Å². The molecule has 2 heterocycles. The number of rotatable bonds is 2. The van der Waals surface area contributed by atoms with Crippen LogP contribution in [0.25, 0.3) is 0 Å². The molecule has 1 saturated heterocycles. The summed E-state index contributed by atoms with van der Waals surface area (Å²) in [5.41, 5.74) is 0.826. The van der Waals surface area contributed by atoms with Crippen molar-refractivity contribution in [1.29, 1.82) is 0 Å². The van der Waals surface area contributed by atoms with Crippen LogP contribution >= 0.6 is 0 Å². The molecule has 1 fully saturated rings. The number of benzene rings is 1. The van der Waals surface area contributed by atoms with Gasteiger partial charge < -0.3 is 9.47 Å². The maximum atomic E-state index is 11.7. The van der Waals surface area contributed by atoms with Crippen LogP contribution in [0.5, 0.6) is 11.5 Å². The average molecular weight is 275 g/mol. The maximum Gasteiger partial charge on any atom is 0.267 e. The lowest BCUT2D eigenvalue weighted by Crippen LogP contribution is -2.46. The molecule has 3 rings (SSSR count). The minimum Gasteiger partial charge on any atom is -0.483 e. The summed E-state index contributed by atoms with van der Waals surface area (Å²) >= 11 is 0. The van der Waals surface area contributed by atoms with Gasteiger partial charge in [0.05, 0.1) is 0 Å². The fraction of sp³-hybridized carbons (Fsp3) is 0.467. The molecule has 0 aliphatic carbocycles. The second-order valence-corrected chi connectivity index (χ2v) is 5.84. The SMILES string of the molecule is CC1(C)Cc2cccc(OC3CCC(=O)NC3=O)c2O1. The molecular formula is C15H17NO4. The zero-order valence-corrected chi connectivity index (χ0v) is 11.6. The van der Waals surface area contributed by atoms with E-state index in [1.165, 1.54) is 0 Å². The molecule has 5 heteroatoms. The first kappa shape index (κ1) is 13.0. The van der Waals surface area contributed by atoms with Crippen LogP contribution in [0.4, 0.5) is 0 Å². The molecule has 5 nitrogen and oxygen atoms in total. The second kappa shape index (κ2) is 4.51. The molecule has 0 spiro atoms. The zero-order chi connectivity index (χ0) is 14.3. The Morgan fingerprint density at radius 1 is 1.35 bits per heavy atom. The second-order valence-electron chi connectivity index (χ2n) is 5.84. The Bertz CT molecular complexity index is 579. The van der Waals surface area contributed by atoms with Gasteiger partial charge >= 0.3 is 0 Å². The van der Waals surface area contributed by atoms with Crippen molar-refractivity contribution < 1.29 is 19.1 Å². The largest absolute Gasteiger partial charge is 0.483 e. The summed E-state index contributed by atoms with van der Waals surface area (Å²) in [7, 11) is 0. The Balaban J connectivity index is 1.81. The molecule has 106 valence electrons. The summed E-state index contributed by atoms with van der Waals surface area (Å²) in [6, 6.07) is 5.69. The van der Waals surface area contributed by atoms with Crippen LogP contribution in [0.2, 0.25) is 0 Å².